The molecular weight excluding hydrogens is 442 g/mol. The standard InChI is InChI=1S/C25H29NO6S/c1-5-31-21-10-9-17(14-22(21)32-6-2)24-26-20(15-33-24)18-12-16(8-7-11-29-3)23(30-4)19(13-18)25(27)28/h9-10,12-15H,5-8,11H2,1-4H3,(H,27,28). The molecule has 0 amide bonds. The highest BCUT2D eigenvalue weighted by atomic mass is 32.1. The summed E-state index contributed by atoms with van der Waals surface area (Å²) in [4.78, 5) is 16.7. The highest BCUT2D eigenvalue weighted by molar-refractivity contribution is 7.13. The van der Waals surface area contributed by atoms with Crippen LogP contribution in [0.25, 0.3) is 21.8 Å². The molecule has 3 aromatic rings. The molecule has 1 N–H and O–H groups in total. The van der Waals surface area contributed by atoms with Gasteiger partial charge in [0, 0.05) is 30.2 Å². The van der Waals surface area contributed by atoms with E-state index in [1.165, 1.54) is 18.4 Å². The molecule has 0 unspecified atom stereocenters. The number of rotatable bonds is 12. The van der Waals surface area contributed by atoms with Gasteiger partial charge in [0.15, 0.2) is 11.5 Å². The Hall–Kier alpha value is -3.10. The molecule has 7 nitrogen and oxygen atoms in total. The summed E-state index contributed by atoms with van der Waals surface area (Å²) in [6.45, 7) is 5.52. The van der Waals surface area contributed by atoms with Gasteiger partial charge in [-0.25, -0.2) is 9.78 Å². The Kier molecular flexibility index (Phi) is 8.68. The molecule has 0 saturated carbocycles. The molecular formula is C25H29NO6S. The second-order valence-electron chi connectivity index (χ2n) is 7.18. The molecule has 33 heavy (non-hydrogen) atoms. The number of hydrogen-bond donors (Lipinski definition) is 1. The largest absolute Gasteiger partial charge is 0.496 e. The summed E-state index contributed by atoms with van der Waals surface area (Å²) in [7, 11) is 3.13. The van der Waals surface area contributed by atoms with Crippen LogP contribution in [0.1, 0.15) is 36.2 Å². The molecule has 1 aromatic heterocycles. The first-order chi connectivity index (χ1) is 16.0. The van der Waals surface area contributed by atoms with E-state index in [0.29, 0.717) is 49.2 Å². The van der Waals surface area contributed by atoms with Gasteiger partial charge in [-0.15, -0.1) is 11.3 Å². The fourth-order valence-electron chi connectivity index (χ4n) is 3.55. The van der Waals surface area contributed by atoms with Crippen molar-refractivity contribution in [3.63, 3.8) is 0 Å². The van der Waals surface area contributed by atoms with Crippen LogP contribution in [0.3, 0.4) is 0 Å². The maximum Gasteiger partial charge on any atom is 0.339 e. The van der Waals surface area contributed by atoms with E-state index in [-0.39, 0.29) is 5.56 Å². The van der Waals surface area contributed by atoms with Gasteiger partial charge in [0.1, 0.15) is 16.3 Å². The number of carboxylic acids is 1. The van der Waals surface area contributed by atoms with Crippen molar-refractivity contribution in [3.8, 4) is 39.1 Å². The van der Waals surface area contributed by atoms with Crippen molar-refractivity contribution in [2.75, 3.05) is 34.0 Å². The number of ether oxygens (including phenoxy) is 4. The van der Waals surface area contributed by atoms with E-state index in [4.69, 9.17) is 23.9 Å². The average Bonchev–Trinajstić information content (AvgIpc) is 3.30. The van der Waals surface area contributed by atoms with Crippen LogP contribution < -0.4 is 14.2 Å². The minimum atomic E-state index is -1.04. The number of aromatic carboxylic acids is 1. The van der Waals surface area contributed by atoms with E-state index in [2.05, 4.69) is 0 Å². The lowest BCUT2D eigenvalue weighted by Crippen LogP contribution is -2.05. The van der Waals surface area contributed by atoms with Crippen molar-refractivity contribution in [1.82, 2.24) is 4.98 Å². The zero-order chi connectivity index (χ0) is 23.8. The summed E-state index contributed by atoms with van der Waals surface area (Å²) in [5.41, 5.74) is 3.29. The first kappa shape index (κ1) is 24.5. The molecule has 3 rings (SSSR count). The molecule has 0 aliphatic heterocycles. The van der Waals surface area contributed by atoms with Gasteiger partial charge >= 0.3 is 5.97 Å². The molecule has 0 aliphatic rings. The van der Waals surface area contributed by atoms with Crippen LogP contribution >= 0.6 is 11.3 Å². The van der Waals surface area contributed by atoms with Crippen molar-refractivity contribution in [3.05, 3.63) is 46.8 Å². The van der Waals surface area contributed by atoms with E-state index in [1.807, 2.05) is 43.5 Å². The van der Waals surface area contributed by atoms with Gasteiger partial charge < -0.3 is 24.1 Å². The third-order valence-corrected chi connectivity index (χ3v) is 5.88. The Morgan fingerprint density at radius 2 is 1.79 bits per heavy atom. The highest BCUT2D eigenvalue weighted by Gasteiger charge is 2.19. The van der Waals surface area contributed by atoms with E-state index in [1.54, 1.807) is 13.2 Å². The zero-order valence-electron chi connectivity index (χ0n) is 19.3. The van der Waals surface area contributed by atoms with Crippen molar-refractivity contribution in [2.45, 2.75) is 26.7 Å². The molecule has 8 heteroatoms. The number of nitrogens with zero attached hydrogens (tertiary/aromatic N) is 1. The maximum atomic E-state index is 11.9. The smallest absolute Gasteiger partial charge is 0.339 e. The van der Waals surface area contributed by atoms with Gasteiger partial charge in [0.2, 0.25) is 0 Å². The zero-order valence-corrected chi connectivity index (χ0v) is 20.2. The molecule has 2 aromatic carbocycles. The highest BCUT2D eigenvalue weighted by Crippen LogP contribution is 2.37. The van der Waals surface area contributed by atoms with Crippen LogP contribution in [0, 0.1) is 0 Å². The second-order valence-corrected chi connectivity index (χ2v) is 8.04. The Morgan fingerprint density at radius 1 is 1.03 bits per heavy atom. The van der Waals surface area contributed by atoms with E-state index in [0.717, 1.165) is 28.1 Å². The van der Waals surface area contributed by atoms with Crippen molar-refractivity contribution in [2.24, 2.45) is 0 Å². The second kappa shape index (κ2) is 11.7. The summed E-state index contributed by atoms with van der Waals surface area (Å²) in [6, 6.07) is 9.31. The predicted octanol–water partition coefficient (Wildman–Crippen LogP) is 5.56. The molecule has 176 valence electrons. The maximum absolute atomic E-state index is 11.9. The first-order valence-corrected chi connectivity index (χ1v) is 11.7. The monoisotopic (exact) mass is 471 g/mol. The van der Waals surface area contributed by atoms with Crippen molar-refractivity contribution in [1.29, 1.82) is 0 Å². The number of carbonyl (C=O) groups is 1. The number of aromatic nitrogens is 1. The van der Waals surface area contributed by atoms with Gasteiger partial charge in [-0.3, -0.25) is 0 Å². The number of hydrogen-bond acceptors (Lipinski definition) is 7. The van der Waals surface area contributed by atoms with Crippen LogP contribution in [0.15, 0.2) is 35.7 Å². The third kappa shape index (κ3) is 5.83. The Labute approximate surface area is 197 Å². The molecule has 0 radical (unpaired) electrons. The number of methoxy groups -OCH3 is 2. The molecule has 0 aliphatic carbocycles. The van der Waals surface area contributed by atoms with Crippen LogP contribution in [0.2, 0.25) is 0 Å². The number of aryl methyl sites for hydroxylation is 1. The lowest BCUT2D eigenvalue weighted by molar-refractivity contribution is 0.0693. The summed E-state index contributed by atoms with van der Waals surface area (Å²) in [6.07, 6.45) is 1.39. The number of carboxylic acid groups (broad SMARTS) is 1. The minimum Gasteiger partial charge on any atom is -0.496 e. The van der Waals surface area contributed by atoms with E-state index < -0.39 is 5.97 Å². The summed E-state index contributed by atoms with van der Waals surface area (Å²) >= 11 is 1.49. The minimum absolute atomic E-state index is 0.122. The first-order valence-electron chi connectivity index (χ1n) is 10.8. The molecule has 1 heterocycles. The molecule has 0 spiro atoms. The van der Waals surface area contributed by atoms with Gasteiger partial charge in [0.05, 0.1) is 26.0 Å². The number of benzene rings is 2. The van der Waals surface area contributed by atoms with Crippen molar-refractivity contribution < 1.29 is 28.8 Å². The van der Waals surface area contributed by atoms with Gasteiger partial charge in [0.25, 0.3) is 0 Å². The third-order valence-electron chi connectivity index (χ3n) is 4.99. The van der Waals surface area contributed by atoms with Gasteiger partial charge in [-0.05, 0) is 62.6 Å². The predicted molar refractivity (Wildman–Crippen MR) is 129 cm³/mol. The molecule has 0 saturated heterocycles. The van der Waals surface area contributed by atoms with E-state index in [9.17, 15) is 9.90 Å². The SMILES string of the molecule is CCOc1ccc(-c2nc(-c3cc(CCCOC)c(OC)c(C(=O)O)c3)cs2)cc1OCC. The fraction of sp³-hybridized carbons (Fsp3) is 0.360. The summed E-state index contributed by atoms with van der Waals surface area (Å²) in [5, 5.41) is 12.5. The molecule has 0 bridgehead atoms. The number of thiazole rings is 1. The summed E-state index contributed by atoms with van der Waals surface area (Å²) in [5.74, 6) is 0.712. The van der Waals surface area contributed by atoms with E-state index >= 15 is 0 Å². The van der Waals surface area contributed by atoms with Crippen LogP contribution in [0.4, 0.5) is 0 Å². The lowest BCUT2D eigenvalue weighted by atomic mass is 9.99. The Morgan fingerprint density at radius 3 is 2.45 bits per heavy atom. The summed E-state index contributed by atoms with van der Waals surface area (Å²) < 4.78 is 22.0. The van der Waals surface area contributed by atoms with Crippen LogP contribution in [-0.2, 0) is 11.2 Å². The molecule has 0 atom stereocenters. The lowest BCUT2D eigenvalue weighted by Gasteiger charge is -2.13. The van der Waals surface area contributed by atoms with Gasteiger partial charge in [-0.1, -0.05) is 0 Å². The fourth-order valence-corrected chi connectivity index (χ4v) is 4.38. The topological polar surface area (TPSA) is 87.1 Å². The quantitative estimate of drug-likeness (QED) is 0.346. The van der Waals surface area contributed by atoms with Gasteiger partial charge in [-0.2, -0.15) is 0 Å². The van der Waals surface area contributed by atoms with Crippen LogP contribution in [0.5, 0.6) is 17.2 Å². The average molecular weight is 472 g/mol. The van der Waals surface area contributed by atoms with Crippen LogP contribution in [-0.4, -0.2) is 50.1 Å². The normalized spacial score (nSPS) is 10.8. The Bertz CT molecular complexity index is 1090. The van der Waals surface area contributed by atoms with Crippen molar-refractivity contribution >= 4 is 17.3 Å². The molecule has 0 fully saturated rings. The Balaban J connectivity index is 1.99.